The van der Waals surface area contributed by atoms with E-state index in [0.29, 0.717) is 16.7 Å². The molecule has 0 saturated carbocycles. The summed E-state index contributed by atoms with van der Waals surface area (Å²) in [7, 11) is 1.57. The normalized spacial score (nSPS) is 12.3. The maximum Gasteiger partial charge on any atom is 0.343 e. The Morgan fingerprint density at radius 3 is 2.39 bits per heavy atom. The Labute approximate surface area is 163 Å². The fourth-order valence-electron chi connectivity index (χ4n) is 3.52. The van der Waals surface area contributed by atoms with Gasteiger partial charge in [-0.3, -0.25) is 4.79 Å². The van der Waals surface area contributed by atoms with Gasteiger partial charge in [0.15, 0.2) is 0 Å². The molecule has 0 amide bonds. The number of benzene rings is 2. The van der Waals surface area contributed by atoms with E-state index in [1.165, 1.54) is 6.92 Å². The minimum atomic E-state index is -0.625. The molecule has 3 rings (SSSR count). The highest BCUT2D eigenvalue weighted by molar-refractivity contribution is 5.87. The van der Waals surface area contributed by atoms with E-state index in [0.717, 1.165) is 11.1 Å². The SMILES string of the molecule is COc1ccc(C(CC(C)=O)c2c(O)c3cccc(C(C)C)c3oc2=O)cc1. The number of rotatable bonds is 6. The third-order valence-electron chi connectivity index (χ3n) is 4.95. The predicted octanol–water partition coefficient (Wildman–Crippen LogP) is 4.74. The zero-order chi connectivity index (χ0) is 20.4. The van der Waals surface area contributed by atoms with Crippen LogP contribution in [0.15, 0.2) is 51.7 Å². The molecule has 1 atom stereocenters. The van der Waals surface area contributed by atoms with E-state index < -0.39 is 11.5 Å². The van der Waals surface area contributed by atoms with Gasteiger partial charge in [-0.1, -0.05) is 38.1 Å². The van der Waals surface area contributed by atoms with Gasteiger partial charge in [0.2, 0.25) is 0 Å². The number of Topliss-reactive ketones (excluding diaryl/α,β-unsaturated/α-hetero) is 1. The summed E-state index contributed by atoms with van der Waals surface area (Å²) >= 11 is 0. The molecule has 0 aliphatic carbocycles. The summed E-state index contributed by atoms with van der Waals surface area (Å²) in [6.45, 7) is 5.46. The molecule has 146 valence electrons. The van der Waals surface area contributed by atoms with Crippen LogP contribution in [0, 0.1) is 0 Å². The summed E-state index contributed by atoms with van der Waals surface area (Å²) in [5.41, 5.74) is 1.45. The molecule has 0 spiro atoms. The highest BCUT2D eigenvalue weighted by Gasteiger charge is 2.27. The lowest BCUT2D eigenvalue weighted by Gasteiger charge is -2.18. The largest absolute Gasteiger partial charge is 0.507 e. The first kappa shape index (κ1) is 19.7. The number of ether oxygens (including phenoxy) is 1. The average molecular weight is 380 g/mol. The smallest absolute Gasteiger partial charge is 0.343 e. The highest BCUT2D eigenvalue weighted by Crippen LogP contribution is 2.38. The molecular formula is C23H24O5. The van der Waals surface area contributed by atoms with Gasteiger partial charge >= 0.3 is 5.63 Å². The van der Waals surface area contributed by atoms with Gasteiger partial charge in [0.25, 0.3) is 0 Å². The van der Waals surface area contributed by atoms with Crippen LogP contribution in [0.3, 0.4) is 0 Å². The number of fused-ring (bicyclic) bond motifs is 1. The molecule has 0 aliphatic rings. The van der Waals surface area contributed by atoms with Crippen molar-refractivity contribution in [3.63, 3.8) is 0 Å². The number of aromatic hydroxyl groups is 1. The van der Waals surface area contributed by atoms with Crippen LogP contribution in [0.1, 0.15) is 55.7 Å². The van der Waals surface area contributed by atoms with E-state index in [1.807, 2.05) is 26.0 Å². The van der Waals surface area contributed by atoms with Crippen LogP contribution in [0.4, 0.5) is 0 Å². The monoisotopic (exact) mass is 380 g/mol. The van der Waals surface area contributed by atoms with Crippen molar-refractivity contribution in [3.8, 4) is 11.5 Å². The molecule has 0 aliphatic heterocycles. The number of hydrogen-bond acceptors (Lipinski definition) is 5. The Morgan fingerprint density at radius 2 is 1.82 bits per heavy atom. The van der Waals surface area contributed by atoms with Crippen LogP contribution in [0.25, 0.3) is 11.0 Å². The Morgan fingerprint density at radius 1 is 1.14 bits per heavy atom. The second kappa shape index (κ2) is 7.89. The predicted molar refractivity (Wildman–Crippen MR) is 108 cm³/mol. The lowest BCUT2D eigenvalue weighted by molar-refractivity contribution is -0.117. The van der Waals surface area contributed by atoms with Gasteiger partial charge in [-0.15, -0.1) is 0 Å². The van der Waals surface area contributed by atoms with Crippen LogP contribution >= 0.6 is 0 Å². The molecule has 5 nitrogen and oxygen atoms in total. The van der Waals surface area contributed by atoms with E-state index in [9.17, 15) is 14.7 Å². The van der Waals surface area contributed by atoms with Gasteiger partial charge in [-0.25, -0.2) is 4.79 Å². The lowest BCUT2D eigenvalue weighted by Crippen LogP contribution is -2.17. The lowest BCUT2D eigenvalue weighted by atomic mass is 9.86. The Balaban J connectivity index is 2.25. The number of ketones is 1. The molecule has 3 aromatic rings. The van der Waals surface area contributed by atoms with Crippen molar-refractivity contribution in [1.29, 1.82) is 0 Å². The van der Waals surface area contributed by atoms with E-state index in [-0.39, 0.29) is 29.4 Å². The number of para-hydroxylation sites is 1. The third kappa shape index (κ3) is 3.65. The van der Waals surface area contributed by atoms with Gasteiger partial charge in [0, 0.05) is 12.3 Å². The Bertz CT molecular complexity index is 1060. The molecule has 0 saturated heterocycles. The standard InChI is InChI=1S/C23H24O5/c1-13(2)17-6-5-7-18-21(25)20(23(26)28-22(17)18)19(12-14(3)24)15-8-10-16(27-4)11-9-15/h5-11,13,19,25H,12H2,1-4H3. The van der Waals surface area contributed by atoms with Crippen molar-refractivity contribution >= 4 is 16.8 Å². The molecular weight excluding hydrogens is 356 g/mol. The summed E-state index contributed by atoms with van der Waals surface area (Å²) < 4.78 is 10.8. The van der Waals surface area contributed by atoms with Crippen LogP contribution < -0.4 is 10.4 Å². The van der Waals surface area contributed by atoms with Crippen LogP contribution in [0.5, 0.6) is 11.5 Å². The van der Waals surface area contributed by atoms with Crippen molar-refractivity contribution in [2.24, 2.45) is 0 Å². The second-order valence-corrected chi connectivity index (χ2v) is 7.26. The summed E-state index contributed by atoms with van der Waals surface area (Å²) in [4.78, 5) is 24.8. The maximum atomic E-state index is 12.9. The molecule has 0 bridgehead atoms. The van der Waals surface area contributed by atoms with Crippen molar-refractivity contribution in [2.45, 2.75) is 39.0 Å². The number of carbonyl (C=O) groups is 1. The van der Waals surface area contributed by atoms with E-state index in [2.05, 4.69) is 0 Å². The van der Waals surface area contributed by atoms with Crippen LogP contribution in [0.2, 0.25) is 0 Å². The first-order chi connectivity index (χ1) is 13.3. The molecule has 1 N–H and O–H groups in total. The van der Waals surface area contributed by atoms with E-state index >= 15 is 0 Å². The van der Waals surface area contributed by atoms with Crippen molar-refractivity contribution in [1.82, 2.24) is 0 Å². The summed E-state index contributed by atoms with van der Waals surface area (Å²) in [6.07, 6.45) is 0.0834. The second-order valence-electron chi connectivity index (χ2n) is 7.26. The van der Waals surface area contributed by atoms with Gasteiger partial charge in [-0.2, -0.15) is 0 Å². The molecule has 0 fully saturated rings. The number of hydrogen-bond donors (Lipinski definition) is 1. The zero-order valence-corrected chi connectivity index (χ0v) is 16.5. The van der Waals surface area contributed by atoms with E-state index in [4.69, 9.17) is 9.15 Å². The van der Waals surface area contributed by atoms with Crippen LogP contribution in [-0.2, 0) is 4.79 Å². The molecule has 2 aromatic carbocycles. The quantitative estimate of drug-likeness (QED) is 0.625. The molecule has 1 aromatic heterocycles. The Hall–Kier alpha value is -3.08. The number of methoxy groups -OCH3 is 1. The van der Waals surface area contributed by atoms with Crippen molar-refractivity contribution < 1.29 is 19.1 Å². The van der Waals surface area contributed by atoms with Crippen molar-refractivity contribution in [2.75, 3.05) is 7.11 Å². The fraction of sp³-hybridized carbons (Fsp3) is 0.304. The number of carbonyl (C=O) groups excluding carboxylic acids is 1. The highest BCUT2D eigenvalue weighted by atomic mass is 16.5. The summed E-state index contributed by atoms with van der Waals surface area (Å²) in [5, 5.41) is 11.5. The molecule has 1 heterocycles. The Kier molecular flexibility index (Phi) is 5.54. The summed E-state index contributed by atoms with van der Waals surface area (Å²) in [5.74, 6) is -0.0217. The zero-order valence-electron chi connectivity index (χ0n) is 16.5. The first-order valence-electron chi connectivity index (χ1n) is 9.25. The van der Waals surface area contributed by atoms with Crippen molar-refractivity contribution in [3.05, 3.63) is 69.6 Å². The molecule has 1 unspecified atom stereocenters. The van der Waals surface area contributed by atoms with Gasteiger partial charge in [0.05, 0.1) is 18.1 Å². The van der Waals surface area contributed by atoms with Gasteiger partial charge in [-0.05, 0) is 42.2 Å². The molecule has 28 heavy (non-hydrogen) atoms. The fourth-order valence-corrected chi connectivity index (χ4v) is 3.52. The van der Waals surface area contributed by atoms with Crippen LogP contribution in [-0.4, -0.2) is 18.0 Å². The molecule has 0 radical (unpaired) electrons. The average Bonchev–Trinajstić information content (AvgIpc) is 2.66. The first-order valence-corrected chi connectivity index (χ1v) is 9.25. The molecule has 5 heteroatoms. The maximum absolute atomic E-state index is 12.9. The topological polar surface area (TPSA) is 76.7 Å². The van der Waals surface area contributed by atoms with Gasteiger partial charge in [0.1, 0.15) is 22.9 Å². The minimum Gasteiger partial charge on any atom is -0.507 e. The van der Waals surface area contributed by atoms with Gasteiger partial charge < -0.3 is 14.3 Å². The third-order valence-corrected chi connectivity index (χ3v) is 4.95. The summed E-state index contributed by atoms with van der Waals surface area (Å²) in [6, 6.07) is 12.5. The minimum absolute atomic E-state index is 0.0834. The van der Waals surface area contributed by atoms with E-state index in [1.54, 1.807) is 37.4 Å².